The van der Waals surface area contributed by atoms with E-state index in [1.807, 2.05) is 0 Å². The van der Waals surface area contributed by atoms with Gasteiger partial charge in [0.1, 0.15) is 11.2 Å². The van der Waals surface area contributed by atoms with E-state index in [9.17, 15) is 18.8 Å². The fourth-order valence-corrected chi connectivity index (χ4v) is 2.20. The van der Waals surface area contributed by atoms with Crippen LogP contribution in [0.15, 0.2) is 48.5 Å². The van der Waals surface area contributed by atoms with Crippen LogP contribution in [-0.4, -0.2) is 24.4 Å². The molecule has 2 aromatic rings. The summed E-state index contributed by atoms with van der Waals surface area (Å²) < 4.78 is 18.7. The molecule has 0 unspecified atom stereocenters. The number of carbonyl (C=O) groups is 3. The van der Waals surface area contributed by atoms with Crippen LogP contribution in [0.5, 0.6) is 0 Å². The Morgan fingerprint density at radius 1 is 0.926 bits per heavy atom. The summed E-state index contributed by atoms with van der Waals surface area (Å²) in [5, 5.41) is 4.99. The van der Waals surface area contributed by atoms with Crippen molar-refractivity contribution in [3.8, 4) is 0 Å². The predicted octanol–water partition coefficient (Wildman–Crippen LogP) is 3.61. The van der Waals surface area contributed by atoms with E-state index in [0.29, 0.717) is 0 Å². The molecule has 27 heavy (non-hydrogen) atoms. The molecule has 0 saturated heterocycles. The average molecular weight is 372 g/mol. The van der Waals surface area contributed by atoms with Gasteiger partial charge in [-0.25, -0.2) is 9.18 Å². The maximum Gasteiger partial charge on any atom is 0.340 e. The van der Waals surface area contributed by atoms with Crippen LogP contribution in [0.2, 0.25) is 0 Å². The van der Waals surface area contributed by atoms with Gasteiger partial charge < -0.3 is 15.4 Å². The normalized spacial score (nSPS) is 10.8. The molecule has 0 spiro atoms. The molecule has 7 heteroatoms. The van der Waals surface area contributed by atoms with Crippen molar-refractivity contribution in [1.29, 1.82) is 0 Å². The van der Waals surface area contributed by atoms with Crippen molar-refractivity contribution in [1.82, 2.24) is 0 Å². The quantitative estimate of drug-likeness (QED) is 0.599. The fourth-order valence-electron chi connectivity index (χ4n) is 2.20. The second-order valence-electron chi connectivity index (χ2n) is 6.28. The van der Waals surface area contributed by atoms with Crippen LogP contribution in [0.4, 0.5) is 15.8 Å². The number of hydrogen-bond acceptors (Lipinski definition) is 4. The van der Waals surface area contributed by atoms with E-state index in [-0.39, 0.29) is 23.5 Å². The van der Waals surface area contributed by atoms with Crippen LogP contribution in [0.25, 0.3) is 0 Å². The van der Waals surface area contributed by atoms with Crippen LogP contribution in [0.1, 0.15) is 31.1 Å². The third-order valence-electron chi connectivity index (χ3n) is 3.93. The van der Waals surface area contributed by atoms with Gasteiger partial charge >= 0.3 is 5.97 Å². The van der Waals surface area contributed by atoms with Crippen LogP contribution in [0, 0.1) is 11.2 Å². The molecule has 0 aliphatic heterocycles. The van der Waals surface area contributed by atoms with Crippen LogP contribution in [0.3, 0.4) is 0 Å². The average Bonchev–Trinajstić information content (AvgIpc) is 2.64. The first kappa shape index (κ1) is 20.1. The van der Waals surface area contributed by atoms with Crippen molar-refractivity contribution < 1.29 is 23.5 Å². The number of halogens is 1. The smallest absolute Gasteiger partial charge is 0.340 e. The molecule has 0 fully saturated rings. The SMILES string of the molecule is CCOC(=O)c1ccccc1NC(=O)C(C)(C)C(=O)Nc1ccccc1F. The lowest BCUT2D eigenvalue weighted by molar-refractivity contribution is -0.135. The van der Waals surface area contributed by atoms with Crippen LogP contribution < -0.4 is 10.6 Å². The van der Waals surface area contributed by atoms with Gasteiger partial charge in [0.2, 0.25) is 11.8 Å². The minimum atomic E-state index is -1.52. The van der Waals surface area contributed by atoms with Crippen molar-refractivity contribution in [2.24, 2.45) is 5.41 Å². The van der Waals surface area contributed by atoms with Gasteiger partial charge in [0.25, 0.3) is 0 Å². The highest BCUT2D eigenvalue weighted by atomic mass is 19.1. The first-order valence-corrected chi connectivity index (χ1v) is 8.41. The molecule has 0 radical (unpaired) electrons. The van der Waals surface area contributed by atoms with Gasteiger partial charge in [0.05, 0.1) is 23.5 Å². The minimum absolute atomic E-state index is 0.0182. The maximum absolute atomic E-state index is 13.7. The molecule has 0 heterocycles. The summed E-state index contributed by atoms with van der Waals surface area (Å²) in [5.74, 6) is -2.51. The lowest BCUT2D eigenvalue weighted by Crippen LogP contribution is -2.42. The second kappa shape index (κ2) is 8.44. The fraction of sp³-hybridized carbons (Fsp3) is 0.250. The second-order valence-corrected chi connectivity index (χ2v) is 6.28. The van der Waals surface area contributed by atoms with E-state index in [4.69, 9.17) is 4.74 Å². The van der Waals surface area contributed by atoms with Crippen LogP contribution >= 0.6 is 0 Å². The lowest BCUT2D eigenvalue weighted by atomic mass is 9.90. The number of hydrogen-bond donors (Lipinski definition) is 2. The molecule has 0 atom stereocenters. The zero-order chi connectivity index (χ0) is 20.0. The van der Waals surface area contributed by atoms with Gasteiger partial charge in [0, 0.05) is 0 Å². The van der Waals surface area contributed by atoms with E-state index < -0.39 is 29.0 Å². The van der Waals surface area contributed by atoms with Crippen molar-refractivity contribution in [2.75, 3.05) is 17.2 Å². The first-order valence-electron chi connectivity index (χ1n) is 8.41. The summed E-state index contributed by atoms with van der Waals surface area (Å²) in [5.41, 5.74) is -1.13. The van der Waals surface area contributed by atoms with E-state index >= 15 is 0 Å². The molecule has 2 aromatic carbocycles. The Morgan fingerprint density at radius 3 is 2.04 bits per heavy atom. The number of rotatable bonds is 6. The Morgan fingerprint density at radius 2 is 1.44 bits per heavy atom. The summed E-state index contributed by atoms with van der Waals surface area (Å²) in [6.45, 7) is 4.68. The number of ether oxygens (including phenoxy) is 1. The molecule has 0 saturated carbocycles. The lowest BCUT2D eigenvalue weighted by Gasteiger charge is -2.23. The van der Waals surface area contributed by atoms with Crippen molar-refractivity contribution >= 4 is 29.2 Å². The Labute approximate surface area is 156 Å². The highest BCUT2D eigenvalue weighted by Crippen LogP contribution is 2.24. The van der Waals surface area contributed by atoms with Crippen LogP contribution in [-0.2, 0) is 14.3 Å². The van der Waals surface area contributed by atoms with Crippen molar-refractivity contribution in [3.63, 3.8) is 0 Å². The number of nitrogens with one attached hydrogen (secondary N) is 2. The number of esters is 1. The molecule has 2 N–H and O–H groups in total. The molecule has 142 valence electrons. The highest BCUT2D eigenvalue weighted by Gasteiger charge is 2.37. The molecular weight excluding hydrogens is 351 g/mol. The summed E-state index contributed by atoms with van der Waals surface area (Å²) in [4.78, 5) is 37.2. The van der Waals surface area contributed by atoms with Gasteiger partial charge in [-0.3, -0.25) is 9.59 Å². The Bertz CT molecular complexity index is 865. The van der Waals surface area contributed by atoms with Gasteiger partial charge in [-0.05, 0) is 45.0 Å². The molecule has 6 nitrogen and oxygen atoms in total. The van der Waals surface area contributed by atoms with Gasteiger partial charge in [-0.1, -0.05) is 24.3 Å². The topological polar surface area (TPSA) is 84.5 Å². The zero-order valence-corrected chi connectivity index (χ0v) is 15.3. The molecule has 0 aliphatic rings. The molecule has 2 amide bonds. The largest absolute Gasteiger partial charge is 0.462 e. The van der Waals surface area contributed by atoms with Gasteiger partial charge in [0.15, 0.2) is 0 Å². The number of para-hydroxylation sites is 2. The van der Waals surface area contributed by atoms with E-state index in [1.54, 1.807) is 25.1 Å². The Balaban J connectivity index is 2.18. The number of carbonyl (C=O) groups excluding carboxylic acids is 3. The first-order chi connectivity index (χ1) is 12.8. The maximum atomic E-state index is 13.7. The van der Waals surface area contributed by atoms with Crippen molar-refractivity contribution in [2.45, 2.75) is 20.8 Å². The van der Waals surface area contributed by atoms with E-state index in [1.165, 1.54) is 44.2 Å². The van der Waals surface area contributed by atoms with Gasteiger partial charge in [-0.15, -0.1) is 0 Å². The Hall–Kier alpha value is -3.22. The summed E-state index contributed by atoms with van der Waals surface area (Å²) in [6.07, 6.45) is 0. The third kappa shape index (κ3) is 4.69. The minimum Gasteiger partial charge on any atom is -0.462 e. The number of amides is 2. The predicted molar refractivity (Wildman–Crippen MR) is 99.8 cm³/mol. The molecule has 2 rings (SSSR count). The molecule has 0 aromatic heterocycles. The highest BCUT2D eigenvalue weighted by molar-refractivity contribution is 6.15. The number of anilines is 2. The summed E-state index contributed by atoms with van der Waals surface area (Å²) >= 11 is 0. The molecular formula is C20H21FN2O4. The van der Waals surface area contributed by atoms with E-state index in [2.05, 4.69) is 10.6 Å². The molecule has 0 bridgehead atoms. The third-order valence-corrected chi connectivity index (χ3v) is 3.93. The molecule has 0 aliphatic carbocycles. The van der Waals surface area contributed by atoms with E-state index in [0.717, 1.165) is 0 Å². The standard InChI is InChI=1S/C20H21FN2O4/c1-4-27-17(24)13-9-5-7-11-15(13)22-18(25)20(2,3)19(26)23-16-12-8-6-10-14(16)21/h5-12H,4H2,1-3H3,(H,22,25)(H,23,26). The Kier molecular flexibility index (Phi) is 6.28. The summed E-state index contributed by atoms with van der Waals surface area (Å²) in [7, 11) is 0. The van der Waals surface area contributed by atoms with Crippen molar-refractivity contribution in [3.05, 3.63) is 59.9 Å². The monoisotopic (exact) mass is 372 g/mol. The summed E-state index contributed by atoms with van der Waals surface area (Å²) in [6, 6.07) is 12.0. The number of benzene rings is 2. The zero-order valence-electron chi connectivity index (χ0n) is 15.3. The van der Waals surface area contributed by atoms with Gasteiger partial charge in [-0.2, -0.15) is 0 Å².